The molecule has 0 aliphatic rings. The van der Waals surface area contributed by atoms with Gasteiger partial charge in [-0.1, -0.05) is 26.2 Å². The van der Waals surface area contributed by atoms with Crippen LogP contribution >= 0.6 is 11.8 Å². The van der Waals surface area contributed by atoms with E-state index >= 15 is 0 Å². The minimum Gasteiger partial charge on any atom is -0.480 e. The molecule has 0 aliphatic heterocycles. The van der Waals surface area contributed by atoms with Crippen molar-refractivity contribution in [2.45, 2.75) is 57.9 Å². The summed E-state index contributed by atoms with van der Waals surface area (Å²) < 4.78 is 0. The molecule has 0 aromatic carbocycles. The van der Waals surface area contributed by atoms with Gasteiger partial charge in [0.05, 0.1) is 0 Å². The van der Waals surface area contributed by atoms with E-state index < -0.39 is 11.5 Å². The van der Waals surface area contributed by atoms with Gasteiger partial charge in [-0.3, -0.25) is 4.79 Å². The van der Waals surface area contributed by atoms with Crippen molar-refractivity contribution < 1.29 is 9.90 Å². The highest BCUT2D eigenvalue weighted by Gasteiger charge is 2.29. The van der Waals surface area contributed by atoms with E-state index in [4.69, 9.17) is 5.11 Å². The molecule has 0 amide bonds. The van der Waals surface area contributed by atoms with Gasteiger partial charge in [-0.25, -0.2) is 0 Å². The van der Waals surface area contributed by atoms with Gasteiger partial charge in [0.2, 0.25) is 0 Å². The van der Waals surface area contributed by atoms with E-state index in [0.29, 0.717) is 6.42 Å². The Morgan fingerprint density at radius 3 is 2.29 bits per heavy atom. The quantitative estimate of drug-likeness (QED) is 0.561. The van der Waals surface area contributed by atoms with Gasteiger partial charge in [0.1, 0.15) is 5.54 Å². The highest BCUT2D eigenvalue weighted by molar-refractivity contribution is 7.99. The van der Waals surface area contributed by atoms with Crippen LogP contribution in [0.4, 0.5) is 0 Å². The number of likely N-dealkylation sites (N-methyl/N-ethyl adjacent to an activating group) is 1. The molecule has 0 heterocycles. The van der Waals surface area contributed by atoms with Crippen LogP contribution in [-0.2, 0) is 4.79 Å². The van der Waals surface area contributed by atoms with Crippen LogP contribution in [0.1, 0.15) is 52.4 Å². The third-order valence-electron chi connectivity index (χ3n) is 3.13. The van der Waals surface area contributed by atoms with E-state index in [9.17, 15) is 4.79 Å². The number of aliphatic carboxylic acids is 1. The van der Waals surface area contributed by atoms with Gasteiger partial charge < -0.3 is 10.4 Å². The molecule has 3 nitrogen and oxygen atoms in total. The van der Waals surface area contributed by atoms with Crippen molar-refractivity contribution in [1.29, 1.82) is 0 Å². The van der Waals surface area contributed by atoms with Crippen LogP contribution in [0.5, 0.6) is 0 Å². The summed E-state index contributed by atoms with van der Waals surface area (Å²) in [6.45, 7) is 3.97. The minimum atomic E-state index is -0.757. The van der Waals surface area contributed by atoms with Gasteiger partial charge in [-0.2, -0.15) is 11.8 Å². The third kappa shape index (κ3) is 7.66. The standard InChI is InChI=1S/C13H27NO2S/c1-4-5-7-10-17-11-8-6-9-13(2,14-3)12(15)16/h14H,4-11H2,1-3H3,(H,15,16). The van der Waals surface area contributed by atoms with E-state index in [2.05, 4.69) is 12.2 Å². The first-order chi connectivity index (χ1) is 8.06. The summed E-state index contributed by atoms with van der Waals surface area (Å²) in [5, 5.41) is 12.0. The van der Waals surface area contributed by atoms with Crippen LogP contribution in [0.2, 0.25) is 0 Å². The topological polar surface area (TPSA) is 49.3 Å². The molecule has 102 valence electrons. The van der Waals surface area contributed by atoms with Crippen molar-refractivity contribution >= 4 is 17.7 Å². The van der Waals surface area contributed by atoms with Crippen LogP contribution < -0.4 is 5.32 Å². The lowest BCUT2D eigenvalue weighted by Gasteiger charge is -2.23. The van der Waals surface area contributed by atoms with Crippen molar-refractivity contribution in [2.24, 2.45) is 0 Å². The molecule has 0 aromatic rings. The molecule has 4 heteroatoms. The fourth-order valence-electron chi connectivity index (χ4n) is 1.58. The van der Waals surface area contributed by atoms with E-state index in [-0.39, 0.29) is 0 Å². The highest BCUT2D eigenvalue weighted by atomic mass is 32.2. The Hall–Kier alpha value is -0.220. The first kappa shape index (κ1) is 16.8. The van der Waals surface area contributed by atoms with Crippen LogP contribution in [0.25, 0.3) is 0 Å². The predicted molar refractivity (Wildman–Crippen MR) is 75.8 cm³/mol. The SMILES string of the molecule is CCCCCSCCCCC(C)(NC)C(=O)O. The smallest absolute Gasteiger partial charge is 0.323 e. The second-order valence-electron chi connectivity index (χ2n) is 4.66. The second kappa shape index (κ2) is 9.77. The number of carboxylic acids is 1. The maximum Gasteiger partial charge on any atom is 0.323 e. The predicted octanol–water partition coefficient (Wildman–Crippen LogP) is 3.14. The molecule has 0 rings (SSSR count). The van der Waals surface area contributed by atoms with Gasteiger partial charge in [-0.05, 0) is 44.7 Å². The Kier molecular flexibility index (Phi) is 9.65. The van der Waals surface area contributed by atoms with E-state index in [0.717, 1.165) is 18.6 Å². The van der Waals surface area contributed by atoms with E-state index in [1.807, 2.05) is 11.8 Å². The molecule has 0 aromatic heterocycles. The molecule has 0 saturated heterocycles. The van der Waals surface area contributed by atoms with Gasteiger partial charge in [0.15, 0.2) is 0 Å². The van der Waals surface area contributed by atoms with Crippen molar-refractivity contribution in [3.8, 4) is 0 Å². The second-order valence-corrected chi connectivity index (χ2v) is 5.89. The molecule has 1 atom stereocenters. The fourth-order valence-corrected chi connectivity index (χ4v) is 2.60. The molecule has 0 aliphatic carbocycles. The number of rotatable bonds is 11. The monoisotopic (exact) mass is 261 g/mol. The summed E-state index contributed by atoms with van der Waals surface area (Å²) >= 11 is 1.99. The van der Waals surface area contributed by atoms with Crippen molar-refractivity contribution in [2.75, 3.05) is 18.6 Å². The molecule has 2 N–H and O–H groups in total. The Labute approximate surface area is 110 Å². The summed E-state index contributed by atoms with van der Waals surface area (Å²) in [6.07, 6.45) is 6.70. The van der Waals surface area contributed by atoms with E-state index in [1.165, 1.54) is 25.0 Å². The van der Waals surface area contributed by atoms with Crippen molar-refractivity contribution in [1.82, 2.24) is 5.32 Å². The summed E-state index contributed by atoms with van der Waals surface area (Å²) in [6, 6.07) is 0. The Morgan fingerprint density at radius 1 is 1.24 bits per heavy atom. The number of thioether (sulfide) groups is 1. The first-order valence-electron chi connectivity index (χ1n) is 6.57. The molecule has 0 bridgehead atoms. The van der Waals surface area contributed by atoms with Crippen molar-refractivity contribution in [3.63, 3.8) is 0 Å². The highest BCUT2D eigenvalue weighted by Crippen LogP contribution is 2.16. The molecule has 0 radical (unpaired) electrons. The molecular formula is C13H27NO2S. The van der Waals surface area contributed by atoms with Crippen LogP contribution in [0, 0.1) is 0 Å². The first-order valence-corrected chi connectivity index (χ1v) is 7.72. The Morgan fingerprint density at radius 2 is 1.82 bits per heavy atom. The number of hydrogen-bond acceptors (Lipinski definition) is 3. The number of carbonyl (C=O) groups is 1. The summed E-state index contributed by atoms with van der Waals surface area (Å²) in [4.78, 5) is 11.0. The number of carboxylic acid groups (broad SMARTS) is 1. The summed E-state index contributed by atoms with van der Waals surface area (Å²) in [5.74, 6) is 1.65. The summed E-state index contributed by atoms with van der Waals surface area (Å²) in [7, 11) is 1.72. The van der Waals surface area contributed by atoms with Gasteiger partial charge in [0.25, 0.3) is 0 Å². The van der Waals surface area contributed by atoms with Crippen LogP contribution in [-0.4, -0.2) is 35.2 Å². The molecule has 0 fully saturated rings. The summed E-state index contributed by atoms with van der Waals surface area (Å²) in [5.41, 5.74) is -0.757. The van der Waals surface area contributed by atoms with Gasteiger partial charge >= 0.3 is 5.97 Å². The lowest BCUT2D eigenvalue weighted by Crippen LogP contribution is -2.47. The zero-order valence-electron chi connectivity index (χ0n) is 11.4. The van der Waals surface area contributed by atoms with Gasteiger partial charge in [-0.15, -0.1) is 0 Å². The number of hydrogen-bond donors (Lipinski definition) is 2. The lowest BCUT2D eigenvalue weighted by molar-refractivity contribution is -0.144. The molecule has 17 heavy (non-hydrogen) atoms. The lowest BCUT2D eigenvalue weighted by atomic mass is 9.95. The largest absolute Gasteiger partial charge is 0.480 e. The minimum absolute atomic E-state index is 0.703. The van der Waals surface area contributed by atoms with Crippen LogP contribution in [0.3, 0.4) is 0 Å². The average molecular weight is 261 g/mol. The third-order valence-corrected chi connectivity index (χ3v) is 4.29. The number of nitrogens with one attached hydrogen (secondary N) is 1. The normalized spacial score (nSPS) is 14.5. The molecular weight excluding hydrogens is 234 g/mol. The average Bonchev–Trinajstić information content (AvgIpc) is 2.32. The Bertz CT molecular complexity index is 212. The molecule has 0 spiro atoms. The molecule has 1 unspecified atom stereocenters. The van der Waals surface area contributed by atoms with Crippen molar-refractivity contribution in [3.05, 3.63) is 0 Å². The van der Waals surface area contributed by atoms with Crippen LogP contribution in [0.15, 0.2) is 0 Å². The van der Waals surface area contributed by atoms with Gasteiger partial charge in [0, 0.05) is 0 Å². The number of unbranched alkanes of at least 4 members (excludes halogenated alkanes) is 3. The fraction of sp³-hybridized carbons (Fsp3) is 0.923. The Balaban J connectivity index is 3.47. The zero-order chi connectivity index (χ0) is 13.1. The van der Waals surface area contributed by atoms with E-state index in [1.54, 1.807) is 14.0 Å². The molecule has 0 saturated carbocycles. The maximum absolute atomic E-state index is 11.0. The zero-order valence-corrected chi connectivity index (χ0v) is 12.2. The maximum atomic E-state index is 11.0.